The molecule has 0 unspecified atom stereocenters. The molecule has 0 radical (unpaired) electrons. The van der Waals surface area contributed by atoms with Gasteiger partial charge in [0.1, 0.15) is 0 Å². The van der Waals surface area contributed by atoms with Gasteiger partial charge in [-0.25, -0.2) is 9.97 Å². The fraction of sp³-hybridized carbons (Fsp3) is 0.0638. The van der Waals surface area contributed by atoms with E-state index in [0.29, 0.717) is 5.82 Å². The maximum atomic E-state index is 5.21. The maximum absolute atomic E-state index is 5.21. The summed E-state index contributed by atoms with van der Waals surface area (Å²) >= 11 is 0. The third-order valence-electron chi connectivity index (χ3n) is 10.1. The summed E-state index contributed by atoms with van der Waals surface area (Å²) in [7, 11) is 0. The molecule has 0 atom stereocenters. The molecule has 1 aliphatic rings. The fourth-order valence-electron chi connectivity index (χ4n) is 7.58. The number of rotatable bonds is 5. The van der Waals surface area contributed by atoms with Crippen LogP contribution in [0.3, 0.4) is 0 Å². The van der Waals surface area contributed by atoms with Crippen LogP contribution in [-0.4, -0.2) is 9.97 Å². The summed E-state index contributed by atoms with van der Waals surface area (Å²) in [5.74, 6) is 0.715. The summed E-state index contributed by atoms with van der Waals surface area (Å²) in [6.45, 7) is 4.68. The molecule has 0 N–H and O–H groups in total. The minimum atomic E-state index is -0.0549. The van der Waals surface area contributed by atoms with E-state index in [0.717, 1.165) is 33.6 Å². The normalized spacial score (nSPS) is 12.9. The first-order valence-electron chi connectivity index (χ1n) is 16.9. The van der Waals surface area contributed by atoms with Gasteiger partial charge >= 0.3 is 0 Å². The van der Waals surface area contributed by atoms with Gasteiger partial charge in [-0.05, 0) is 73.5 Å². The Labute approximate surface area is 287 Å². The van der Waals surface area contributed by atoms with E-state index in [1.807, 2.05) is 18.2 Å². The second-order valence-corrected chi connectivity index (χ2v) is 13.4. The molecule has 232 valence electrons. The number of nitrogens with zero attached hydrogens (tertiary/aromatic N) is 2. The minimum Gasteiger partial charge on any atom is -0.228 e. The van der Waals surface area contributed by atoms with Crippen LogP contribution in [-0.2, 0) is 5.41 Å². The molecule has 0 saturated carbocycles. The van der Waals surface area contributed by atoms with E-state index in [1.165, 1.54) is 49.7 Å². The van der Waals surface area contributed by atoms with Crippen LogP contribution in [0.25, 0.3) is 78.1 Å². The van der Waals surface area contributed by atoms with Crippen molar-refractivity contribution in [3.05, 3.63) is 181 Å². The zero-order chi connectivity index (χ0) is 33.0. The van der Waals surface area contributed by atoms with Crippen molar-refractivity contribution in [2.45, 2.75) is 19.3 Å². The van der Waals surface area contributed by atoms with Gasteiger partial charge in [0.2, 0.25) is 0 Å². The Morgan fingerprint density at radius 1 is 0.347 bits per heavy atom. The van der Waals surface area contributed by atoms with E-state index in [1.54, 1.807) is 0 Å². The van der Waals surface area contributed by atoms with Crippen molar-refractivity contribution in [3.8, 4) is 67.3 Å². The Balaban J connectivity index is 1.20. The number of hydrogen-bond donors (Lipinski definition) is 0. The zero-order valence-electron chi connectivity index (χ0n) is 27.6. The van der Waals surface area contributed by atoms with E-state index in [9.17, 15) is 0 Å². The number of benzene rings is 7. The fourth-order valence-corrected chi connectivity index (χ4v) is 7.58. The van der Waals surface area contributed by atoms with E-state index < -0.39 is 0 Å². The lowest BCUT2D eigenvalue weighted by molar-refractivity contribution is 0.660. The summed E-state index contributed by atoms with van der Waals surface area (Å²) in [5.41, 5.74) is 15.1. The van der Waals surface area contributed by atoms with Crippen molar-refractivity contribution < 1.29 is 0 Å². The summed E-state index contributed by atoms with van der Waals surface area (Å²) in [6, 6.07) is 60.6. The average molecular weight is 627 g/mol. The van der Waals surface area contributed by atoms with Gasteiger partial charge in [0.05, 0.1) is 11.4 Å². The quantitative estimate of drug-likeness (QED) is 0.190. The van der Waals surface area contributed by atoms with Crippen LogP contribution in [0.5, 0.6) is 0 Å². The van der Waals surface area contributed by atoms with Crippen molar-refractivity contribution in [2.24, 2.45) is 0 Å². The lowest BCUT2D eigenvalue weighted by Crippen LogP contribution is -2.14. The summed E-state index contributed by atoms with van der Waals surface area (Å²) in [5, 5.41) is 2.38. The molecule has 2 nitrogen and oxygen atoms in total. The van der Waals surface area contributed by atoms with Crippen LogP contribution in [0.4, 0.5) is 0 Å². The molecule has 49 heavy (non-hydrogen) atoms. The van der Waals surface area contributed by atoms with Gasteiger partial charge in [-0.1, -0.05) is 166 Å². The van der Waals surface area contributed by atoms with Crippen LogP contribution in [0.15, 0.2) is 170 Å². The largest absolute Gasteiger partial charge is 0.228 e. The first-order chi connectivity index (χ1) is 24.0. The highest BCUT2D eigenvalue weighted by atomic mass is 14.9. The topological polar surface area (TPSA) is 25.8 Å². The Bertz CT molecular complexity index is 2510. The van der Waals surface area contributed by atoms with Crippen LogP contribution in [0, 0.1) is 0 Å². The van der Waals surface area contributed by atoms with Gasteiger partial charge < -0.3 is 0 Å². The molecule has 1 aromatic heterocycles. The summed E-state index contributed by atoms with van der Waals surface area (Å²) in [4.78, 5) is 10.3. The second-order valence-electron chi connectivity index (χ2n) is 13.4. The van der Waals surface area contributed by atoms with Gasteiger partial charge in [-0.3, -0.25) is 0 Å². The standard InChI is InChI=1S/C47H34N2/c1-47(2)42-23-12-11-22-39(42)40-25-24-34(29-43(40)47)36-26-27-41(38-21-10-9-20-37(36)38)45-30-44(48-46(49-45)32-16-7-4-8-17-32)35-19-13-18-33(28-35)31-14-5-3-6-15-31/h3-30H,1-2H3. The third-order valence-corrected chi connectivity index (χ3v) is 10.1. The van der Waals surface area contributed by atoms with E-state index >= 15 is 0 Å². The molecule has 0 amide bonds. The minimum absolute atomic E-state index is 0.0549. The third kappa shape index (κ3) is 4.96. The molecule has 1 aliphatic carbocycles. The van der Waals surface area contributed by atoms with Crippen LogP contribution in [0.2, 0.25) is 0 Å². The summed E-state index contributed by atoms with van der Waals surface area (Å²) in [6.07, 6.45) is 0. The van der Waals surface area contributed by atoms with Crippen molar-refractivity contribution in [3.63, 3.8) is 0 Å². The molecule has 0 aliphatic heterocycles. The highest BCUT2D eigenvalue weighted by Crippen LogP contribution is 2.50. The van der Waals surface area contributed by atoms with Crippen LogP contribution in [0.1, 0.15) is 25.0 Å². The van der Waals surface area contributed by atoms with Crippen LogP contribution < -0.4 is 0 Å². The highest BCUT2D eigenvalue weighted by molar-refractivity contribution is 6.05. The maximum Gasteiger partial charge on any atom is 0.160 e. The molecule has 0 spiro atoms. The summed E-state index contributed by atoms with van der Waals surface area (Å²) < 4.78 is 0. The Morgan fingerprint density at radius 2 is 0.918 bits per heavy atom. The Morgan fingerprint density at radius 3 is 1.71 bits per heavy atom. The molecule has 0 fully saturated rings. The van der Waals surface area contributed by atoms with Gasteiger partial charge in [0.25, 0.3) is 0 Å². The van der Waals surface area contributed by atoms with Crippen molar-refractivity contribution in [1.29, 1.82) is 0 Å². The Kier molecular flexibility index (Phi) is 6.84. The van der Waals surface area contributed by atoms with Crippen molar-refractivity contribution in [1.82, 2.24) is 9.97 Å². The van der Waals surface area contributed by atoms with Gasteiger partial charge in [0, 0.05) is 22.1 Å². The van der Waals surface area contributed by atoms with Gasteiger partial charge in [-0.15, -0.1) is 0 Å². The first kappa shape index (κ1) is 29.1. The molecule has 0 saturated heterocycles. The molecule has 1 heterocycles. The molecule has 8 aromatic rings. The second kappa shape index (κ2) is 11.5. The average Bonchev–Trinajstić information content (AvgIpc) is 3.40. The van der Waals surface area contributed by atoms with Crippen molar-refractivity contribution >= 4 is 10.8 Å². The first-order valence-corrected chi connectivity index (χ1v) is 16.9. The number of hydrogen-bond acceptors (Lipinski definition) is 2. The lowest BCUT2D eigenvalue weighted by Gasteiger charge is -2.22. The highest BCUT2D eigenvalue weighted by Gasteiger charge is 2.35. The predicted molar refractivity (Wildman–Crippen MR) is 204 cm³/mol. The van der Waals surface area contributed by atoms with Crippen molar-refractivity contribution in [2.75, 3.05) is 0 Å². The molecule has 9 rings (SSSR count). The smallest absolute Gasteiger partial charge is 0.160 e. The molecule has 2 heteroatoms. The Hall–Kier alpha value is -6.12. The monoisotopic (exact) mass is 626 g/mol. The number of aromatic nitrogens is 2. The molecule has 0 bridgehead atoms. The van der Waals surface area contributed by atoms with Crippen LogP contribution >= 0.6 is 0 Å². The lowest BCUT2D eigenvalue weighted by atomic mass is 9.81. The van der Waals surface area contributed by atoms with E-state index in [-0.39, 0.29) is 5.41 Å². The molecular formula is C47H34N2. The zero-order valence-corrected chi connectivity index (χ0v) is 27.6. The van der Waals surface area contributed by atoms with Gasteiger partial charge in [0.15, 0.2) is 5.82 Å². The SMILES string of the molecule is CC1(C)c2ccccc2-c2ccc(-c3ccc(-c4cc(-c5cccc(-c6ccccc6)c5)nc(-c5ccccc5)n4)c4ccccc34)cc21. The van der Waals surface area contributed by atoms with Gasteiger partial charge in [-0.2, -0.15) is 0 Å². The number of fused-ring (bicyclic) bond motifs is 4. The van der Waals surface area contributed by atoms with E-state index in [4.69, 9.17) is 9.97 Å². The van der Waals surface area contributed by atoms with E-state index in [2.05, 4.69) is 166 Å². The predicted octanol–water partition coefficient (Wildman–Crippen LogP) is 12.3. The molecular weight excluding hydrogens is 593 g/mol. The molecule has 7 aromatic carbocycles.